The lowest BCUT2D eigenvalue weighted by Crippen LogP contribution is -2.46. The molecule has 0 spiro atoms. The van der Waals surface area contributed by atoms with Gasteiger partial charge in [0.15, 0.2) is 0 Å². The van der Waals surface area contributed by atoms with E-state index >= 15 is 0 Å². The Kier molecular flexibility index (Phi) is 10.9. The van der Waals surface area contributed by atoms with Crippen LogP contribution in [0.3, 0.4) is 0 Å². The smallest absolute Gasteiger partial charge is 0.0820 e. The van der Waals surface area contributed by atoms with E-state index in [0.29, 0.717) is 0 Å². The van der Waals surface area contributed by atoms with Crippen molar-refractivity contribution in [1.29, 1.82) is 0 Å². The Morgan fingerprint density at radius 1 is 0.469 bits per heavy atom. The van der Waals surface area contributed by atoms with Crippen molar-refractivity contribution in [3.8, 4) is 0 Å². The van der Waals surface area contributed by atoms with Gasteiger partial charge in [-0.2, -0.15) is 0 Å². The van der Waals surface area contributed by atoms with Crippen LogP contribution in [0.1, 0.15) is 161 Å². The summed E-state index contributed by atoms with van der Waals surface area (Å²) in [6.45, 7) is 4.62. The van der Waals surface area contributed by atoms with E-state index in [9.17, 15) is 0 Å². The fourth-order valence-corrected chi connectivity index (χ4v) is 9.52. The van der Waals surface area contributed by atoms with Crippen LogP contribution in [-0.2, 0) is 0 Å². The zero-order valence-electron chi connectivity index (χ0n) is 22.0. The second-order valence-corrected chi connectivity index (χ2v) is 12.9. The molecule has 4 rings (SSSR count). The summed E-state index contributed by atoms with van der Waals surface area (Å²) in [4.78, 5) is 0. The Hall–Kier alpha value is 0.130. The van der Waals surface area contributed by atoms with E-state index < -0.39 is 0 Å². The lowest BCUT2D eigenvalue weighted by molar-refractivity contribution is 0.443. The highest BCUT2D eigenvalue weighted by Gasteiger charge is 2.48. The van der Waals surface area contributed by atoms with Gasteiger partial charge in [0.05, 0.1) is 0 Å². The van der Waals surface area contributed by atoms with Crippen molar-refractivity contribution >= 4 is 13.4 Å². The van der Waals surface area contributed by atoms with E-state index in [0.717, 1.165) is 42.4 Å². The van der Waals surface area contributed by atoms with Crippen LogP contribution in [0.15, 0.2) is 0 Å². The van der Waals surface area contributed by atoms with E-state index in [1.165, 1.54) is 44.9 Å². The molecule has 0 aliphatic heterocycles. The van der Waals surface area contributed by atoms with Gasteiger partial charge >= 0.3 is 0 Å². The second-order valence-electron chi connectivity index (χ2n) is 12.9. The Labute approximate surface area is 203 Å². The van der Waals surface area contributed by atoms with Crippen molar-refractivity contribution in [3.05, 3.63) is 0 Å². The summed E-state index contributed by atoms with van der Waals surface area (Å²) in [5, 5.41) is 0. The first-order valence-electron chi connectivity index (χ1n) is 15.9. The summed E-state index contributed by atoms with van der Waals surface area (Å²) in [6, 6.07) is 0. The average Bonchev–Trinajstić information content (AvgIpc) is 2.87. The molecular weight excluding hydrogens is 382 g/mol. The minimum Gasteiger partial charge on any atom is -0.0820 e. The molecule has 4 aliphatic carbocycles. The van der Waals surface area contributed by atoms with Crippen LogP contribution in [0, 0.1) is 0 Å². The molecule has 0 bridgehead atoms. The second kappa shape index (κ2) is 13.9. The molecule has 0 atom stereocenters. The van der Waals surface area contributed by atoms with E-state index in [1.807, 2.05) is 0 Å². The van der Waals surface area contributed by atoms with Gasteiger partial charge in [0, 0.05) is 0 Å². The lowest BCUT2D eigenvalue weighted by atomic mass is 9.08. The molecule has 0 heterocycles. The van der Waals surface area contributed by atoms with E-state index in [1.54, 1.807) is 109 Å². The van der Waals surface area contributed by atoms with Gasteiger partial charge < -0.3 is 0 Å². The summed E-state index contributed by atoms with van der Waals surface area (Å²) in [7, 11) is 0. The van der Waals surface area contributed by atoms with Crippen molar-refractivity contribution in [3.63, 3.8) is 0 Å². The fraction of sp³-hybridized carbons (Fsp3) is 1.00. The maximum absolute atomic E-state index is 2.43. The van der Waals surface area contributed by atoms with Crippen LogP contribution < -0.4 is 0 Å². The predicted molar refractivity (Wildman–Crippen MR) is 147 cm³/mol. The quantitative estimate of drug-likeness (QED) is 0.235. The molecule has 0 saturated heterocycles. The first kappa shape index (κ1) is 25.2. The van der Waals surface area contributed by atoms with Crippen molar-refractivity contribution in [2.24, 2.45) is 0 Å². The first-order valence-corrected chi connectivity index (χ1v) is 15.9. The van der Waals surface area contributed by atoms with Crippen molar-refractivity contribution < 1.29 is 0 Å². The van der Waals surface area contributed by atoms with E-state index in [-0.39, 0.29) is 0 Å². The van der Waals surface area contributed by atoms with Crippen molar-refractivity contribution in [1.82, 2.24) is 0 Å². The zero-order chi connectivity index (χ0) is 22.0. The monoisotopic (exact) mass is 438 g/mol. The maximum atomic E-state index is 2.43. The highest BCUT2D eigenvalue weighted by atomic mass is 14.3. The summed E-state index contributed by atoms with van der Waals surface area (Å²) in [6.07, 6.45) is 37.3. The molecule has 4 saturated carbocycles. The number of hydrogen-bond acceptors (Lipinski definition) is 0. The third kappa shape index (κ3) is 6.84. The van der Waals surface area contributed by atoms with Crippen LogP contribution in [0.5, 0.6) is 0 Å². The van der Waals surface area contributed by atoms with E-state index in [4.69, 9.17) is 0 Å². The highest BCUT2D eigenvalue weighted by molar-refractivity contribution is 6.82. The predicted octanol–water partition coefficient (Wildman–Crippen LogP) is 10.8. The minimum absolute atomic E-state index is 1.08. The molecule has 0 nitrogen and oxygen atoms in total. The van der Waals surface area contributed by atoms with Crippen molar-refractivity contribution in [2.45, 2.75) is 190 Å². The van der Waals surface area contributed by atoms with Crippen LogP contribution >= 0.6 is 0 Å². The molecule has 0 aromatic carbocycles. The summed E-state index contributed by atoms with van der Waals surface area (Å²) in [5.41, 5.74) is 1.08. The molecule has 0 unspecified atom stereocenters. The van der Waals surface area contributed by atoms with Gasteiger partial charge in [-0.1, -0.05) is 190 Å². The van der Waals surface area contributed by atoms with Gasteiger partial charge in [-0.05, 0) is 0 Å². The van der Waals surface area contributed by atoms with Gasteiger partial charge in [0.1, 0.15) is 13.4 Å². The summed E-state index contributed by atoms with van der Waals surface area (Å²) < 4.78 is 0. The topological polar surface area (TPSA) is 0 Å². The SMILES string of the molecule is CCCCCC(B(C1CCCCC1)C1CCCCC1)B(C1CCCCC1)C1CCCCC1. The fourth-order valence-electron chi connectivity index (χ4n) is 9.52. The Morgan fingerprint density at radius 2 is 0.781 bits per heavy atom. The third-order valence-corrected chi connectivity index (χ3v) is 10.9. The number of rotatable bonds is 10. The summed E-state index contributed by atoms with van der Waals surface area (Å²) in [5.74, 6) is 4.36. The molecule has 0 N–H and O–H groups in total. The molecule has 2 heteroatoms. The van der Waals surface area contributed by atoms with E-state index in [2.05, 4.69) is 6.92 Å². The van der Waals surface area contributed by atoms with Crippen LogP contribution in [0.4, 0.5) is 0 Å². The van der Waals surface area contributed by atoms with Crippen molar-refractivity contribution in [2.75, 3.05) is 0 Å². The first-order chi connectivity index (χ1) is 15.9. The Morgan fingerprint density at radius 3 is 1.06 bits per heavy atom. The molecule has 182 valence electrons. The molecule has 0 amide bonds. The summed E-state index contributed by atoms with van der Waals surface area (Å²) >= 11 is 0. The van der Waals surface area contributed by atoms with Crippen LogP contribution in [0.25, 0.3) is 0 Å². The standard InChI is InChI=1S/C30H56B2/c1-2-3-8-25-30(31(26-17-9-4-10-18-26)27-19-11-5-12-20-27)32(28-21-13-6-14-22-28)29-23-15-7-16-24-29/h26-30H,2-25H2,1H3. The van der Waals surface area contributed by atoms with Gasteiger partial charge in [-0.15, -0.1) is 0 Å². The molecule has 4 fully saturated rings. The molecule has 0 aromatic rings. The number of hydrogen-bond donors (Lipinski definition) is 0. The molecule has 0 aromatic heterocycles. The normalized spacial score (nSPS) is 25.3. The average molecular weight is 438 g/mol. The van der Waals surface area contributed by atoms with Gasteiger partial charge in [0.25, 0.3) is 0 Å². The maximum Gasteiger partial charge on any atom is 0.142 e. The molecule has 32 heavy (non-hydrogen) atoms. The molecule has 4 aliphatic rings. The Balaban J connectivity index is 1.64. The molecular formula is C30H56B2. The van der Waals surface area contributed by atoms with Gasteiger partial charge in [0.2, 0.25) is 0 Å². The largest absolute Gasteiger partial charge is 0.142 e. The highest BCUT2D eigenvalue weighted by Crippen LogP contribution is 2.54. The minimum atomic E-state index is 1.08. The number of unbranched alkanes of at least 4 members (excludes halogenated alkanes) is 2. The lowest BCUT2D eigenvalue weighted by Gasteiger charge is -2.47. The van der Waals surface area contributed by atoms with Gasteiger partial charge in [-0.3, -0.25) is 0 Å². The third-order valence-electron chi connectivity index (χ3n) is 10.9. The van der Waals surface area contributed by atoms with Gasteiger partial charge in [-0.25, -0.2) is 0 Å². The van der Waals surface area contributed by atoms with Crippen LogP contribution in [0.2, 0.25) is 29.0 Å². The zero-order valence-corrected chi connectivity index (χ0v) is 22.0. The van der Waals surface area contributed by atoms with Crippen LogP contribution in [-0.4, -0.2) is 13.4 Å². The Bertz CT molecular complexity index is 405. The molecule has 0 radical (unpaired) electrons.